The van der Waals surface area contributed by atoms with Crippen LogP contribution in [0.4, 0.5) is 5.69 Å². The van der Waals surface area contributed by atoms with Crippen molar-refractivity contribution in [1.29, 1.82) is 0 Å². The second-order valence-electron chi connectivity index (χ2n) is 5.34. The van der Waals surface area contributed by atoms with E-state index in [0.717, 1.165) is 36.6 Å². The van der Waals surface area contributed by atoms with Crippen molar-refractivity contribution >= 4 is 16.7 Å². The minimum atomic E-state index is 0.416. The number of fused-ring (bicyclic) bond motifs is 1. The molecule has 0 bridgehead atoms. The van der Waals surface area contributed by atoms with E-state index in [0.29, 0.717) is 6.10 Å². The molecule has 3 rings (SSSR count). The largest absolute Gasteiger partial charge is 0.399 e. The Balaban J connectivity index is 1.78. The highest BCUT2D eigenvalue weighted by atomic mass is 16.5. The number of ether oxygens (including phenoxy) is 1. The molecule has 0 amide bonds. The van der Waals surface area contributed by atoms with Crippen LogP contribution >= 0.6 is 0 Å². The molecule has 1 unspecified atom stereocenters. The van der Waals surface area contributed by atoms with Gasteiger partial charge in [-0.15, -0.1) is 0 Å². The van der Waals surface area contributed by atoms with Crippen LogP contribution in [0.3, 0.4) is 0 Å². The van der Waals surface area contributed by atoms with Crippen molar-refractivity contribution in [2.45, 2.75) is 45.3 Å². The Hall–Kier alpha value is -1.55. The summed E-state index contributed by atoms with van der Waals surface area (Å²) in [6, 6.07) is 5.94. The maximum atomic E-state index is 5.80. The van der Waals surface area contributed by atoms with Gasteiger partial charge in [-0.2, -0.15) is 0 Å². The van der Waals surface area contributed by atoms with Crippen LogP contribution < -0.4 is 5.73 Å². The second kappa shape index (κ2) is 5.21. The first-order valence-electron chi connectivity index (χ1n) is 7.08. The van der Waals surface area contributed by atoms with Crippen molar-refractivity contribution in [3.05, 3.63) is 24.0 Å². The van der Waals surface area contributed by atoms with E-state index in [2.05, 4.69) is 22.5 Å². The minimum absolute atomic E-state index is 0.416. The first kappa shape index (κ1) is 12.5. The van der Waals surface area contributed by atoms with Gasteiger partial charge in [-0.05, 0) is 50.8 Å². The lowest BCUT2D eigenvalue weighted by Gasteiger charge is -2.22. The van der Waals surface area contributed by atoms with Gasteiger partial charge in [0.15, 0.2) is 0 Å². The van der Waals surface area contributed by atoms with Crippen LogP contribution in [-0.2, 0) is 11.3 Å². The van der Waals surface area contributed by atoms with Crippen LogP contribution in [0.25, 0.3) is 11.0 Å². The number of hydrogen-bond acceptors (Lipinski definition) is 3. The first-order chi connectivity index (χ1) is 9.24. The van der Waals surface area contributed by atoms with Crippen molar-refractivity contribution in [1.82, 2.24) is 9.55 Å². The first-order valence-corrected chi connectivity index (χ1v) is 7.08. The molecule has 2 heterocycles. The molecule has 1 aromatic heterocycles. The van der Waals surface area contributed by atoms with E-state index in [4.69, 9.17) is 10.5 Å². The zero-order valence-electron chi connectivity index (χ0n) is 11.4. The van der Waals surface area contributed by atoms with Crippen molar-refractivity contribution in [2.75, 3.05) is 12.3 Å². The molecule has 4 heteroatoms. The molecule has 0 radical (unpaired) electrons. The Morgan fingerprint density at radius 1 is 1.42 bits per heavy atom. The highest BCUT2D eigenvalue weighted by molar-refractivity contribution is 5.79. The predicted octanol–water partition coefficient (Wildman–Crippen LogP) is 2.89. The lowest BCUT2D eigenvalue weighted by atomic mass is 10.1. The van der Waals surface area contributed by atoms with Crippen LogP contribution in [0.5, 0.6) is 0 Å². The zero-order valence-corrected chi connectivity index (χ0v) is 11.4. The van der Waals surface area contributed by atoms with E-state index in [-0.39, 0.29) is 0 Å². The average molecular weight is 259 g/mol. The fourth-order valence-electron chi connectivity index (χ4n) is 2.86. The van der Waals surface area contributed by atoms with Crippen LogP contribution in [0.2, 0.25) is 0 Å². The predicted molar refractivity (Wildman–Crippen MR) is 77.1 cm³/mol. The number of benzene rings is 1. The zero-order chi connectivity index (χ0) is 13.2. The van der Waals surface area contributed by atoms with E-state index >= 15 is 0 Å². The molecule has 1 aliphatic rings. The van der Waals surface area contributed by atoms with Crippen LogP contribution in [0.15, 0.2) is 18.2 Å². The summed E-state index contributed by atoms with van der Waals surface area (Å²) in [5, 5.41) is 0. The number of hydrogen-bond donors (Lipinski definition) is 1. The number of aryl methyl sites for hydroxylation is 2. The normalized spacial score (nSPS) is 19.9. The van der Waals surface area contributed by atoms with Crippen LogP contribution in [-0.4, -0.2) is 22.3 Å². The van der Waals surface area contributed by atoms with Crippen molar-refractivity contribution in [3.63, 3.8) is 0 Å². The standard InChI is InChI=1S/C15H21N3O/c1-11-17-14-10-12(16)5-6-15(14)18(11)8-7-13-4-2-3-9-19-13/h5-6,10,13H,2-4,7-9,16H2,1H3. The Morgan fingerprint density at radius 2 is 2.32 bits per heavy atom. The third kappa shape index (κ3) is 2.59. The fourth-order valence-corrected chi connectivity index (χ4v) is 2.86. The van der Waals surface area contributed by atoms with Crippen LogP contribution in [0.1, 0.15) is 31.5 Å². The topological polar surface area (TPSA) is 53.1 Å². The van der Waals surface area contributed by atoms with E-state index in [1.807, 2.05) is 12.1 Å². The molecule has 4 nitrogen and oxygen atoms in total. The average Bonchev–Trinajstić information content (AvgIpc) is 2.72. The fraction of sp³-hybridized carbons (Fsp3) is 0.533. The summed E-state index contributed by atoms with van der Waals surface area (Å²) in [4.78, 5) is 4.58. The van der Waals surface area contributed by atoms with Crippen molar-refractivity contribution in [3.8, 4) is 0 Å². The van der Waals surface area contributed by atoms with Gasteiger partial charge in [0.25, 0.3) is 0 Å². The highest BCUT2D eigenvalue weighted by Crippen LogP contribution is 2.21. The van der Waals surface area contributed by atoms with Gasteiger partial charge in [0.05, 0.1) is 17.1 Å². The molecule has 1 aromatic carbocycles. The molecule has 2 aromatic rings. The highest BCUT2D eigenvalue weighted by Gasteiger charge is 2.15. The summed E-state index contributed by atoms with van der Waals surface area (Å²) in [5.41, 5.74) is 8.73. The molecule has 1 aliphatic heterocycles. The van der Waals surface area contributed by atoms with Crippen molar-refractivity contribution < 1.29 is 4.74 Å². The Labute approximate surface area is 113 Å². The summed E-state index contributed by atoms with van der Waals surface area (Å²) < 4.78 is 8.06. The second-order valence-corrected chi connectivity index (χ2v) is 5.34. The Bertz CT molecular complexity index is 570. The minimum Gasteiger partial charge on any atom is -0.399 e. The number of nitrogens with two attached hydrogens (primary N) is 1. The lowest BCUT2D eigenvalue weighted by Crippen LogP contribution is -2.21. The summed E-state index contributed by atoms with van der Waals surface area (Å²) in [7, 11) is 0. The molecule has 1 saturated heterocycles. The molecule has 1 fully saturated rings. The number of aromatic nitrogens is 2. The van der Waals surface area contributed by atoms with E-state index in [9.17, 15) is 0 Å². The van der Waals surface area contributed by atoms with Crippen LogP contribution in [0, 0.1) is 6.92 Å². The maximum Gasteiger partial charge on any atom is 0.106 e. The SMILES string of the molecule is Cc1nc2cc(N)ccc2n1CCC1CCCCO1. The summed E-state index contributed by atoms with van der Waals surface area (Å²) in [6.07, 6.45) is 5.18. The third-order valence-corrected chi connectivity index (χ3v) is 3.91. The molecular weight excluding hydrogens is 238 g/mol. The molecular formula is C15H21N3O. The monoisotopic (exact) mass is 259 g/mol. The van der Waals surface area contributed by atoms with Gasteiger partial charge in [-0.1, -0.05) is 0 Å². The number of rotatable bonds is 3. The van der Waals surface area contributed by atoms with E-state index in [1.54, 1.807) is 0 Å². The Morgan fingerprint density at radius 3 is 3.11 bits per heavy atom. The van der Waals surface area contributed by atoms with E-state index < -0.39 is 0 Å². The number of nitrogens with zero attached hydrogens (tertiary/aromatic N) is 2. The Kier molecular flexibility index (Phi) is 3.42. The molecule has 0 spiro atoms. The van der Waals surface area contributed by atoms with E-state index in [1.165, 1.54) is 24.8 Å². The third-order valence-electron chi connectivity index (χ3n) is 3.91. The van der Waals surface area contributed by atoms with Gasteiger partial charge in [-0.25, -0.2) is 4.98 Å². The number of imidazole rings is 1. The van der Waals surface area contributed by atoms with Gasteiger partial charge >= 0.3 is 0 Å². The van der Waals surface area contributed by atoms with Gasteiger partial charge in [0.1, 0.15) is 5.82 Å². The van der Waals surface area contributed by atoms with Gasteiger partial charge in [0, 0.05) is 18.8 Å². The summed E-state index contributed by atoms with van der Waals surface area (Å²) >= 11 is 0. The molecule has 0 aliphatic carbocycles. The molecule has 1 atom stereocenters. The van der Waals surface area contributed by atoms with Gasteiger partial charge < -0.3 is 15.0 Å². The molecule has 0 saturated carbocycles. The summed E-state index contributed by atoms with van der Waals surface area (Å²) in [5.74, 6) is 1.05. The van der Waals surface area contributed by atoms with Gasteiger partial charge in [0.2, 0.25) is 0 Å². The smallest absolute Gasteiger partial charge is 0.106 e. The molecule has 2 N–H and O–H groups in total. The quantitative estimate of drug-likeness (QED) is 0.862. The van der Waals surface area contributed by atoms with Crippen molar-refractivity contribution in [2.24, 2.45) is 0 Å². The molecule has 19 heavy (non-hydrogen) atoms. The number of nitrogen functional groups attached to an aromatic ring is 1. The lowest BCUT2D eigenvalue weighted by molar-refractivity contribution is 0.00890. The summed E-state index contributed by atoms with van der Waals surface area (Å²) in [6.45, 7) is 3.94. The van der Waals surface area contributed by atoms with Gasteiger partial charge in [-0.3, -0.25) is 0 Å². The number of anilines is 1. The molecule has 102 valence electrons. The maximum absolute atomic E-state index is 5.80.